The highest BCUT2D eigenvalue weighted by Crippen LogP contribution is 2.24. The standard InChI is InChI=1S/C27H30N6O6S/c1-27(2,3)39-26(36)31-23(28)18-11-9-17(10-12-18)15-30-24(34)21-13-14-22-29-16-20(25(35)33(21)22)32-40(37,38)19-7-5-4-6-8-19/h4-12,16,21,32H,13-15H2,1-3H3,(H,30,34)(H2,28,31,36). The average Bonchev–Trinajstić information content (AvgIpc) is 3.33. The first-order valence-corrected chi connectivity index (χ1v) is 14.0. The van der Waals surface area contributed by atoms with Gasteiger partial charge >= 0.3 is 6.09 Å². The summed E-state index contributed by atoms with van der Waals surface area (Å²) in [7, 11) is -4.01. The largest absolute Gasteiger partial charge is 0.444 e. The van der Waals surface area contributed by atoms with Crippen molar-refractivity contribution in [3.8, 4) is 0 Å². The van der Waals surface area contributed by atoms with Crippen LogP contribution in [-0.4, -0.2) is 41.4 Å². The molecule has 0 aliphatic carbocycles. The van der Waals surface area contributed by atoms with E-state index in [0.29, 0.717) is 24.2 Å². The van der Waals surface area contributed by atoms with Gasteiger partial charge in [0.1, 0.15) is 29.0 Å². The number of carbonyl (C=O) groups is 2. The van der Waals surface area contributed by atoms with E-state index < -0.39 is 39.2 Å². The van der Waals surface area contributed by atoms with Crippen LogP contribution in [0.2, 0.25) is 0 Å². The summed E-state index contributed by atoms with van der Waals surface area (Å²) in [6.45, 7) is 5.33. The number of hydrogen-bond acceptors (Lipinski definition) is 8. The number of amidine groups is 1. The molecule has 0 radical (unpaired) electrons. The van der Waals surface area contributed by atoms with Crippen molar-refractivity contribution in [3.05, 3.63) is 88.1 Å². The number of aryl methyl sites for hydroxylation is 1. The van der Waals surface area contributed by atoms with Crippen molar-refractivity contribution >= 4 is 33.5 Å². The second kappa shape index (κ2) is 11.3. The summed E-state index contributed by atoms with van der Waals surface area (Å²) in [6.07, 6.45) is 1.17. The van der Waals surface area contributed by atoms with Gasteiger partial charge < -0.3 is 10.1 Å². The van der Waals surface area contributed by atoms with Gasteiger partial charge in [-0.3, -0.25) is 29.6 Å². The Bertz CT molecular complexity index is 1600. The molecule has 0 spiro atoms. The molecular formula is C27H30N6O6S. The molecule has 0 bridgehead atoms. The molecule has 1 atom stereocenters. The van der Waals surface area contributed by atoms with Gasteiger partial charge in [-0.1, -0.05) is 42.5 Å². The molecule has 4 N–H and O–H groups in total. The SMILES string of the molecule is CC(C)(C)OC(=O)NC(=N)c1ccc(CNC(=O)C2CCc3ncc(NS(=O)(=O)c4ccccc4)c(=O)n32)cc1. The number of amides is 2. The first-order valence-electron chi connectivity index (χ1n) is 12.5. The summed E-state index contributed by atoms with van der Waals surface area (Å²) in [5.41, 5.74) is -0.400. The number of hydrogen-bond donors (Lipinski definition) is 4. The molecule has 3 aromatic rings. The highest BCUT2D eigenvalue weighted by atomic mass is 32.2. The molecule has 0 saturated heterocycles. The summed E-state index contributed by atoms with van der Waals surface area (Å²) >= 11 is 0. The summed E-state index contributed by atoms with van der Waals surface area (Å²) in [5.74, 6) is -0.139. The molecule has 40 heavy (non-hydrogen) atoms. The van der Waals surface area contributed by atoms with Crippen molar-refractivity contribution in [1.29, 1.82) is 5.41 Å². The maximum absolute atomic E-state index is 13.2. The molecule has 2 heterocycles. The number of alkyl carbamates (subject to hydrolysis) is 1. The molecular weight excluding hydrogens is 536 g/mol. The monoisotopic (exact) mass is 566 g/mol. The lowest BCUT2D eigenvalue weighted by Gasteiger charge is -2.19. The van der Waals surface area contributed by atoms with E-state index >= 15 is 0 Å². The molecule has 210 valence electrons. The Morgan fingerprint density at radius 3 is 2.42 bits per heavy atom. The zero-order valence-electron chi connectivity index (χ0n) is 22.2. The molecule has 0 saturated carbocycles. The Morgan fingerprint density at radius 1 is 1.10 bits per heavy atom. The Hall–Kier alpha value is -4.52. The third kappa shape index (κ3) is 6.72. The van der Waals surface area contributed by atoms with Crippen molar-refractivity contribution in [2.45, 2.75) is 56.7 Å². The van der Waals surface area contributed by atoms with E-state index in [1.54, 1.807) is 63.2 Å². The Labute approximate surface area is 231 Å². The van der Waals surface area contributed by atoms with Crippen molar-refractivity contribution in [2.75, 3.05) is 4.72 Å². The fourth-order valence-corrected chi connectivity index (χ4v) is 5.16. The molecule has 12 nitrogen and oxygen atoms in total. The van der Waals surface area contributed by atoms with Gasteiger partial charge in [-0.2, -0.15) is 0 Å². The molecule has 13 heteroatoms. The zero-order chi connectivity index (χ0) is 29.1. The van der Waals surface area contributed by atoms with Crippen molar-refractivity contribution in [1.82, 2.24) is 20.2 Å². The second-order valence-electron chi connectivity index (χ2n) is 10.2. The highest BCUT2D eigenvalue weighted by molar-refractivity contribution is 7.92. The minimum absolute atomic E-state index is 0.00373. The van der Waals surface area contributed by atoms with Crippen LogP contribution in [-0.2, 0) is 32.5 Å². The molecule has 1 aliphatic rings. The number of carbonyl (C=O) groups excluding carboxylic acids is 2. The molecule has 4 rings (SSSR count). The van der Waals surface area contributed by atoms with Crippen LogP contribution in [0.5, 0.6) is 0 Å². The van der Waals surface area contributed by atoms with Crippen molar-refractivity contribution in [3.63, 3.8) is 0 Å². The van der Waals surface area contributed by atoms with Gasteiger partial charge in [-0.05, 0) is 44.9 Å². The van der Waals surface area contributed by atoms with Crippen LogP contribution in [0.1, 0.15) is 50.2 Å². The van der Waals surface area contributed by atoms with Gasteiger partial charge in [0, 0.05) is 18.5 Å². The summed E-state index contributed by atoms with van der Waals surface area (Å²) in [6, 6.07) is 13.5. The van der Waals surface area contributed by atoms with Gasteiger partial charge in [0.05, 0.1) is 11.1 Å². The number of nitrogens with zero attached hydrogens (tertiary/aromatic N) is 2. The normalized spacial score (nSPS) is 14.6. The minimum Gasteiger partial charge on any atom is -0.444 e. The van der Waals surface area contributed by atoms with E-state index in [1.165, 1.54) is 22.9 Å². The Balaban J connectivity index is 1.40. The maximum Gasteiger partial charge on any atom is 0.413 e. The molecule has 1 unspecified atom stereocenters. The van der Waals surface area contributed by atoms with Crippen LogP contribution in [0.15, 0.2) is 70.5 Å². The first-order chi connectivity index (χ1) is 18.8. The van der Waals surface area contributed by atoms with E-state index in [-0.39, 0.29) is 23.0 Å². The van der Waals surface area contributed by atoms with E-state index in [9.17, 15) is 22.8 Å². The first kappa shape index (κ1) is 28.5. The quantitative estimate of drug-likeness (QED) is 0.251. The minimum atomic E-state index is -4.01. The Kier molecular flexibility index (Phi) is 8.05. The zero-order valence-corrected chi connectivity index (χ0v) is 23.0. The van der Waals surface area contributed by atoms with Crippen molar-refractivity contribution < 1.29 is 22.7 Å². The van der Waals surface area contributed by atoms with Gasteiger partial charge in [0.15, 0.2) is 0 Å². The summed E-state index contributed by atoms with van der Waals surface area (Å²) in [5, 5.41) is 13.2. The second-order valence-corrected chi connectivity index (χ2v) is 11.8. The van der Waals surface area contributed by atoms with E-state index in [1.807, 2.05) is 0 Å². The lowest BCUT2D eigenvalue weighted by atomic mass is 10.1. The molecule has 2 amide bonds. The fourth-order valence-electron chi connectivity index (χ4n) is 4.10. The van der Waals surface area contributed by atoms with Crippen molar-refractivity contribution in [2.24, 2.45) is 0 Å². The number of anilines is 1. The predicted molar refractivity (Wildman–Crippen MR) is 148 cm³/mol. The topological polar surface area (TPSA) is 172 Å². The predicted octanol–water partition coefficient (Wildman–Crippen LogP) is 2.70. The van der Waals surface area contributed by atoms with Crippen LogP contribution in [0.25, 0.3) is 0 Å². The van der Waals surface area contributed by atoms with Crippen LogP contribution in [0.3, 0.4) is 0 Å². The van der Waals surface area contributed by atoms with Gasteiger partial charge in [0.2, 0.25) is 5.91 Å². The van der Waals surface area contributed by atoms with Crippen LogP contribution < -0.4 is 20.9 Å². The molecule has 1 aromatic heterocycles. The smallest absolute Gasteiger partial charge is 0.413 e. The molecule has 2 aromatic carbocycles. The third-order valence-corrected chi connectivity index (χ3v) is 7.34. The number of nitrogens with one attached hydrogen (secondary N) is 4. The van der Waals surface area contributed by atoms with Crippen LogP contribution >= 0.6 is 0 Å². The number of ether oxygens (including phenoxy) is 1. The maximum atomic E-state index is 13.2. The van der Waals surface area contributed by atoms with E-state index in [0.717, 1.165) is 5.56 Å². The molecule has 1 aliphatic heterocycles. The Morgan fingerprint density at radius 2 is 1.77 bits per heavy atom. The lowest BCUT2D eigenvalue weighted by molar-refractivity contribution is -0.124. The van der Waals surface area contributed by atoms with Crippen LogP contribution in [0.4, 0.5) is 10.5 Å². The number of benzene rings is 2. The summed E-state index contributed by atoms with van der Waals surface area (Å²) < 4.78 is 34.1. The van der Waals surface area contributed by atoms with E-state index in [4.69, 9.17) is 10.1 Å². The van der Waals surface area contributed by atoms with Gasteiger partial charge in [-0.15, -0.1) is 0 Å². The number of rotatable bonds is 7. The number of aromatic nitrogens is 2. The van der Waals surface area contributed by atoms with Crippen LogP contribution in [0, 0.1) is 5.41 Å². The van der Waals surface area contributed by atoms with Gasteiger partial charge in [0.25, 0.3) is 15.6 Å². The van der Waals surface area contributed by atoms with Gasteiger partial charge in [-0.25, -0.2) is 18.2 Å². The highest BCUT2D eigenvalue weighted by Gasteiger charge is 2.31. The third-order valence-electron chi connectivity index (χ3n) is 5.96. The summed E-state index contributed by atoms with van der Waals surface area (Å²) in [4.78, 5) is 42.3. The lowest BCUT2D eigenvalue weighted by Crippen LogP contribution is -2.37. The number of fused-ring (bicyclic) bond motifs is 1. The average molecular weight is 567 g/mol. The number of sulfonamides is 1. The fraction of sp³-hybridized carbons (Fsp3) is 0.296. The molecule has 0 fully saturated rings. The van der Waals surface area contributed by atoms with E-state index in [2.05, 4.69) is 20.3 Å².